The van der Waals surface area contributed by atoms with E-state index in [-0.39, 0.29) is 29.9 Å². The van der Waals surface area contributed by atoms with E-state index < -0.39 is 46.3 Å². The van der Waals surface area contributed by atoms with Gasteiger partial charge in [0.15, 0.2) is 11.4 Å². The van der Waals surface area contributed by atoms with Crippen LogP contribution in [-0.2, 0) is 9.59 Å². The molecule has 8 nitrogen and oxygen atoms in total. The number of aliphatic hydroxyl groups is 3. The van der Waals surface area contributed by atoms with Crippen LogP contribution in [0.5, 0.6) is 5.75 Å². The van der Waals surface area contributed by atoms with Gasteiger partial charge in [0.1, 0.15) is 22.8 Å². The minimum atomic E-state index is -2.31. The predicted octanol–water partition coefficient (Wildman–Crippen LogP) is 2.12. The fraction of sp³-hybridized carbons (Fsp3) is 0.385. The SMILES string of the molecule is CN(C)[C@@H]1C(=O)C(C(N)=O)=C(O)[C@@]2(O)C(O)=C3C(CC12)c1cccc2ccc(O)c(c12)C1CC31. The summed E-state index contributed by atoms with van der Waals surface area (Å²) in [5.41, 5.74) is 4.78. The Morgan fingerprint density at radius 2 is 1.79 bits per heavy atom. The molecule has 0 radical (unpaired) electrons. The molecule has 0 saturated heterocycles. The van der Waals surface area contributed by atoms with E-state index in [1.54, 1.807) is 25.1 Å². The van der Waals surface area contributed by atoms with Crippen LogP contribution in [0.25, 0.3) is 10.8 Å². The number of benzene rings is 2. The van der Waals surface area contributed by atoms with E-state index in [9.17, 15) is 30.0 Å². The van der Waals surface area contributed by atoms with Gasteiger partial charge in [-0.2, -0.15) is 0 Å². The summed E-state index contributed by atoms with van der Waals surface area (Å²) in [7, 11) is 3.30. The van der Waals surface area contributed by atoms with Crippen molar-refractivity contribution in [2.75, 3.05) is 14.1 Å². The van der Waals surface area contributed by atoms with Crippen LogP contribution < -0.4 is 5.73 Å². The summed E-state index contributed by atoms with van der Waals surface area (Å²) in [6.07, 6.45) is 0.943. The first kappa shape index (κ1) is 21.2. The third-order valence-electron chi connectivity index (χ3n) is 8.36. The van der Waals surface area contributed by atoms with Gasteiger partial charge in [-0.3, -0.25) is 14.5 Å². The standard InChI is InChI=1S/C26H26N2O6/c1-28(2)21-15-9-14-11-5-3-4-10-6-7-16(29)19(17(10)11)13-8-12(13)18(14)23(31)26(15,34)24(32)20(22(21)30)25(27)33/h3-7,12-15,21,29,31-32,34H,8-9H2,1-2H3,(H2,27,33)/t12?,13?,14?,15?,21-,26-/m0/s1. The lowest BCUT2D eigenvalue weighted by atomic mass is 9.60. The third kappa shape index (κ3) is 2.39. The molecule has 0 heterocycles. The Balaban J connectivity index is 1.67. The van der Waals surface area contributed by atoms with Gasteiger partial charge in [-0.15, -0.1) is 0 Å². The van der Waals surface area contributed by atoms with Gasteiger partial charge in [-0.05, 0) is 66.7 Å². The molecule has 4 unspecified atom stereocenters. The number of phenolic OH excluding ortho intramolecular Hbond substituents is 1. The molecule has 8 heteroatoms. The number of fused-ring (bicyclic) bond motifs is 6. The molecule has 0 spiro atoms. The number of Topliss-reactive ketones (excluding diaryl/α,β-unsaturated/α-hetero) is 1. The van der Waals surface area contributed by atoms with Gasteiger partial charge in [0.25, 0.3) is 5.91 Å². The molecule has 4 aliphatic carbocycles. The van der Waals surface area contributed by atoms with Crippen LogP contribution in [0.15, 0.2) is 53.0 Å². The lowest BCUT2D eigenvalue weighted by molar-refractivity contribution is -0.136. The maximum Gasteiger partial charge on any atom is 0.255 e. The van der Waals surface area contributed by atoms with E-state index in [1.165, 1.54) is 0 Å². The van der Waals surface area contributed by atoms with E-state index in [4.69, 9.17) is 5.73 Å². The molecule has 6 atom stereocenters. The molecule has 6 N–H and O–H groups in total. The van der Waals surface area contributed by atoms with Crippen LogP contribution in [0.2, 0.25) is 0 Å². The number of amides is 1. The van der Waals surface area contributed by atoms with E-state index in [0.717, 1.165) is 21.9 Å². The Labute approximate surface area is 195 Å². The average molecular weight is 463 g/mol. The second-order valence-electron chi connectivity index (χ2n) is 10.2. The molecular formula is C26H26N2O6. The Hall–Kier alpha value is -3.36. The monoisotopic (exact) mass is 462 g/mol. The van der Waals surface area contributed by atoms with Crippen molar-refractivity contribution in [3.8, 4) is 5.75 Å². The molecule has 176 valence electrons. The molecule has 0 aliphatic heterocycles. The zero-order chi connectivity index (χ0) is 24.3. The number of carbonyl (C=O) groups is 2. The first-order valence-corrected chi connectivity index (χ1v) is 11.4. The van der Waals surface area contributed by atoms with Crippen molar-refractivity contribution < 1.29 is 30.0 Å². The van der Waals surface area contributed by atoms with Gasteiger partial charge in [-0.25, -0.2) is 0 Å². The number of aliphatic hydroxyl groups excluding tert-OH is 2. The molecule has 4 aliphatic rings. The van der Waals surface area contributed by atoms with Crippen LogP contribution in [0.3, 0.4) is 0 Å². The second kappa shape index (κ2) is 6.61. The Morgan fingerprint density at radius 3 is 2.47 bits per heavy atom. The zero-order valence-electron chi connectivity index (χ0n) is 18.8. The highest BCUT2D eigenvalue weighted by atomic mass is 16.4. The number of hydrogen-bond acceptors (Lipinski definition) is 7. The summed E-state index contributed by atoms with van der Waals surface area (Å²) in [6.45, 7) is 0. The molecule has 1 saturated carbocycles. The largest absolute Gasteiger partial charge is 0.509 e. The van der Waals surface area contributed by atoms with E-state index in [2.05, 4.69) is 0 Å². The van der Waals surface area contributed by atoms with Gasteiger partial charge < -0.3 is 26.2 Å². The zero-order valence-corrected chi connectivity index (χ0v) is 18.8. The van der Waals surface area contributed by atoms with Gasteiger partial charge in [0.2, 0.25) is 0 Å². The highest BCUT2D eigenvalue weighted by molar-refractivity contribution is 6.22. The van der Waals surface area contributed by atoms with Crippen molar-refractivity contribution >= 4 is 22.5 Å². The molecule has 2 aromatic carbocycles. The highest BCUT2D eigenvalue weighted by Crippen LogP contribution is 2.66. The third-order valence-corrected chi connectivity index (χ3v) is 8.36. The number of nitrogens with zero attached hydrogens (tertiary/aromatic N) is 1. The lowest BCUT2D eigenvalue weighted by Crippen LogP contribution is -2.62. The van der Waals surface area contributed by atoms with Crippen molar-refractivity contribution in [3.63, 3.8) is 0 Å². The van der Waals surface area contributed by atoms with Crippen LogP contribution in [0.4, 0.5) is 0 Å². The first-order chi connectivity index (χ1) is 16.1. The van der Waals surface area contributed by atoms with Crippen molar-refractivity contribution in [2.24, 2.45) is 17.6 Å². The van der Waals surface area contributed by atoms with Crippen molar-refractivity contribution in [1.29, 1.82) is 0 Å². The van der Waals surface area contributed by atoms with E-state index in [1.807, 2.05) is 24.3 Å². The Kier molecular flexibility index (Phi) is 4.12. The number of aromatic hydroxyl groups is 1. The molecule has 1 fully saturated rings. The number of hydrogen-bond donors (Lipinski definition) is 5. The summed E-state index contributed by atoms with van der Waals surface area (Å²) >= 11 is 0. The smallest absolute Gasteiger partial charge is 0.255 e. The normalized spacial score (nSPS) is 34.0. The number of primary amides is 1. The van der Waals surface area contributed by atoms with Crippen LogP contribution >= 0.6 is 0 Å². The van der Waals surface area contributed by atoms with Gasteiger partial charge in [-0.1, -0.05) is 24.3 Å². The minimum Gasteiger partial charge on any atom is -0.509 e. The van der Waals surface area contributed by atoms with Crippen LogP contribution in [0.1, 0.15) is 35.8 Å². The molecule has 2 aromatic rings. The van der Waals surface area contributed by atoms with Gasteiger partial charge >= 0.3 is 0 Å². The quantitative estimate of drug-likeness (QED) is 0.430. The molecule has 6 rings (SSSR count). The number of allylic oxidation sites excluding steroid dienone is 1. The number of rotatable bonds is 2. The number of likely N-dealkylation sites (N-methyl/N-ethyl adjacent to an activating group) is 1. The maximum absolute atomic E-state index is 13.3. The first-order valence-electron chi connectivity index (χ1n) is 11.4. The summed E-state index contributed by atoms with van der Waals surface area (Å²) < 4.78 is 0. The molecular weight excluding hydrogens is 436 g/mol. The lowest BCUT2D eigenvalue weighted by Gasteiger charge is -2.50. The Bertz CT molecular complexity index is 1370. The van der Waals surface area contributed by atoms with E-state index in [0.29, 0.717) is 12.0 Å². The second-order valence-corrected chi connectivity index (χ2v) is 10.2. The number of ketones is 1. The fourth-order valence-corrected chi connectivity index (χ4v) is 6.90. The highest BCUT2D eigenvalue weighted by Gasteiger charge is 2.64. The average Bonchev–Trinajstić information content (AvgIpc) is 3.55. The topological polar surface area (TPSA) is 144 Å². The fourth-order valence-electron chi connectivity index (χ4n) is 6.90. The molecule has 34 heavy (non-hydrogen) atoms. The van der Waals surface area contributed by atoms with Gasteiger partial charge in [0, 0.05) is 17.4 Å². The Morgan fingerprint density at radius 1 is 1.06 bits per heavy atom. The van der Waals surface area contributed by atoms with Crippen molar-refractivity contribution in [3.05, 3.63) is 64.1 Å². The van der Waals surface area contributed by atoms with Crippen molar-refractivity contribution in [2.45, 2.75) is 36.3 Å². The number of phenols is 1. The van der Waals surface area contributed by atoms with Crippen LogP contribution in [-0.4, -0.2) is 62.8 Å². The number of nitrogens with two attached hydrogens (primary N) is 1. The molecule has 1 amide bonds. The maximum atomic E-state index is 13.3. The molecule has 0 aromatic heterocycles. The minimum absolute atomic E-state index is 0.0382. The number of carbonyl (C=O) groups excluding carboxylic acids is 2. The summed E-state index contributed by atoms with van der Waals surface area (Å²) in [5.74, 6) is -4.34. The van der Waals surface area contributed by atoms with Gasteiger partial charge in [0.05, 0.1) is 6.04 Å². The van der Waals surface area contributed by atoms with Crippen LogP contribution in [0, 0.1) is 11.8 Å². The molecule has 0 bridgehead atoms. The predicted molar refractivity (Wildman–Crippen MR) is 123 cm³/mol. The summed E-state index contributed by atoms with van der Waals surface area (Å²) in [5, 5.41) is 47.2. The summed E-state index contributed by atoms with van der Waals surface area (Å²) in [6, 6.07) is 8.42. The van der Waals surface area contributed by atoms with Crippen molar-refractivity contribution in [1.82, 2.24) is 4.90 Å². The summed E-state index contributed by atoms with van der Waals surface area (Å²) in [4.78, 5) is 27.0. The van der Waals surface area contributed by atoms with E-state index >= 15 is 0 Å².